The van der Waals surface area contributed by atoms with E-state index in [2.05, 4.69) is 5.32 Å². The second kappa shape index (κ2) is 8.14. The van der Waals surface area contributed by atoms with E-state index >= 15 is 0 Å². The molecule has 0 aliphatic rings. The Morgan fingerprint density at radius 2 is 1.96 bits per heavy atom. The zero-order valence-electron chi connectivity index (χ0n) is 13.1. The van der Waals surface area contributed by atoms with Gasteiger partial charge < -0.3 is 19.2 Å². The second-order valence-corrected chi connectivity index (χ2v) is 4.96. The molecule has 1 heterocycles. The van der Waals surface area contributed by atoms with Crippen LogP contribution >= 0.6 is 0 Å². The molecule has 0 fully saturated rings. The predicted molar refractivity (Wildman–Crippen MR) is 82.9 cm³/mol. The van der Waals surface area contributed by atoms with Gasteiger partial charge in [0.15, 0.2) is 0 Å². The van der Waals surface area contributed by atoms with Crippen molar-refractivity contribution in [2.45, 2.75) is 13.0 Å². The number of aryl methyl sites for hydroxylation is 1. The number of ether oxygens (including phenoxy) is 2. The Kier molecular flexibility index (Phi) is 5.94. The van der Waals surface area contributed by atoms with Crippen LogP contribution in [0.15, 0.2) is 47.1 Å². The van der Waals surface area contributed by atoms with E-state index in [1.165, 1.54) is 12.3 Å². The highest BCUT2D eigenvalue weighted by Crippen LogP contribution is 2.20. The molecule has 1 aromatic carbocycles. The number of esters is 1. The first kappa shape index (κ1) is 16.8. The summed E-state index contributed by atoms with van der Waals surface area (Å²) in [6.45, 7) is 2.64. The van der Waals surface area contributed by atoms with Crippen LogP contribution in [0.4, 0.5) is 0 Å². The minimum Gasteiger partial charge on any atom is -0.457 e. The van der Waals surface area contributed by atoms with Crippen molar-refractivity contribution in [2.75, 3.05) is 20.3 Å². The minimum atomic E-state index is -1.05. The van der Waals surface area contributed by atoms with E-state index in [1.54, 1.807) is 25.3 Å². The number of furan rings is 1. The summed E-state index contributed by atoms with van der Waals surface area (Å²) < 4.78 is 15.2. The Labute approximate surface area is 134 Å². The Morgan fingerprint density at radius 1 is 1.22 bits per heavy atom. The third-order valence-corrected chi connectivity index (χ3v) is 3.17. The summed E-state index contributed by atoms with van der Waals surface area (Å²) in [4.78, 5) is 24.4. The molecule has 0 spiro atoms. The van der Waals surface area contributed by atoms with Gasteiger partial charge in [-0.25, -0.2) is 4.79 Å². The fraction of sp³-hybridized carbons (Fsp3) is 0.294. The Morgan fingerprint density at radius 3 is 2.57 bits per heavy atom. The van der Waals surface area contributed by atoms with Crippen LogP contribution in [0.2, 0.25) is 0 Å². The predicted octanol–water partition coefficient (Wildman–Crippen LogP) is 2.25. The van der Waals surface area contributed by atoms with Crippen molar-refractivity contribution in [3.8, 4) is 0 Å². The summed E-state index contributed by atoms with van der Waals surface area (Å²) in [5.74, 6) is -1.06. The number of nitrogens with one attached hydrogen (secondary N) is 1. The number of amides is 1. The van der Waals surface area contributed by atoms with E-state index in [1.807, 2.05) is 19.1 Å². The third kappa shape index (κ3) is 4.69. The van der Waals surface area contributed by atoms with Crippen LogP contribution in [0, 0.1) is 6.92 Å². The van der Waals surface area contributed by atoms with Gasteiger partial charge in [-0.1, -0.05) is 29.8 Å². The molecule has 1 N–H and O–H groups in total. The molecule has 1 amide bonds. The van der Waals surface area contributed by atoms with Gasteiger partial charge in [0, 0.05) is 19.2 Å². The largest absolute Gasteiger partial charge is 0.457 e. The van der Waals surface area contributed by atoms with E-state index in [-0.39, 0.29) is 5.76 Å². The summed E-state index contributed by atoms with van der Waals surface area (Å²) in [5.41, 5.74) is 1.63. The van der Waals surface area contributed by atoms with Crippen LogP contribution in [0.3, 0.4) is 0 Å². The molecule has 2 rings (SSSR count). The molecule has 0 aliphatic carbocycles. The summed E-state index contributed by atoms with van der Waals surface area (Å²) in [6, 6.07) is 10.3. The van der Waals surface area contributed by atoms with Gasteiger partial charge in [0.1, 0.15) is 0 Å². The van der Waals surface area contributed by atoms with Crippen LogP contribution in [-0.2, 0) is 14.3 Å². The number of methoxy groups -OCH3 is 1. The zero-order chi connectivity index (χ0) is 16.7. The van der Waals surface area contributed by atoms with Gasteiger partial charge in [-0.15, -0.1) is 0 Å². The van der Waals surface area contributed by atoms with Gasteiger partial charge in [0.05, 0.1) is 12.9 Å². The van der Waals surface area contributed by atoms with Gasteiger partial charge in [0.2, 0.25) is 11.9 Å². The summed E-state index contributed by atoms with van der Waals surface area (Å²) in [5, 5.41) is 2.68. The van der Waals surface area contributed by atoms with Gasteiger partial charge in [-0.05, 0) is 19.1 Å². The van der Waals surface area contributed by atoms with Gasteiger partial charge in [-0.2, -0.15) is 0 Å². The quantitative estimate of drug-likeness (QED) is 0.626. The maximum Gasteiger partial charge on any atom is 0.375 e. The second-order valence-electron chi connectivity index (χ2n) is 4.96. The number of carbonyl (C=O) groups excluding carboxylic acids is 2. The Bertz CT molecular complexity index is 634. The standard InChI is InChI=1S/C17H19NO5/c1-12-5-7-13(8-6-12)15(16(19)18-9-11-21-2)23-17(20)14-4-3-10-22-14/h3-8,10,15H,9,11H2,1-2H3,(H,18,19). The average Bonchev–Trinajstić information content (AvgIpc) is 3.08. The normalized spacial score (nSPS) is 11.7. The smallest absolute Gasteiger partial charge is 0.375 e. The average molecular weight is 317 g/mol. The molecular weight excluding hydrogens is 298 g/mol. The monoisotopic (exact) mass is 317 g/mol. The third-order valence-electron chi connectivity index (χ3n) is 3.17. The van der Waals surface area contributed by atoms with Crippen molar-refractivity contribution >= 4 is 11.9 Å². The van der Waals surface area contributed by atoms with Crippen molar-refractivity contribution < 1.29 is 23.5 Å². The lowest BCUT2D eigenvalue weighted by atomic mass is 10.1. The van der Waals surface area contributed by atoms with Crippen LogP contribution in [0.5, 0.6) is 0 Å². The van der Waals surface area contributed by atoms with Crippen LogP contribution in [0.25, 0.3) is 0 Å². The Hall–Kier alpha value is -2.60. The van der Waals surface area contributed by atoms with E-state index in [9.17, 15) is 9.59 Å². The molecule has 0 aliphatic heterocycles. The molecule has 0 radical (unpaired) electrons. The molecule has 1 atom stereocenters. The van der Waals surface area contributed by atoms with E-state index in [4.69, 9.17) is 13.9 Å². The molecule has 2 aromatic rings. The molecule has 0 saturated heterocycles. The highest BCUT2D eigenvalue weighted by molar-refractivity contribution is 5.90. The molecule has 0 bridgehead atoms. The molecule has 0 saturated carbocycles. The van der Waals surface area contributed by atoms with E-state index < -0.39 is 18.0 Å². The van der Waals surface area contributed by atoms with Crippen molar-refractivity contribution in [1.82, 2.24) is 5.32 Å². The SMILES string of the molecule is COCCNC(=O)C(OC(=O)c1ccco1)c1ccc(C)cc1. The highest BCUT2D eigenvalue weighted by atomic mass is 16.6. The zero-order valence-corrected chi connectivity index (χ0v) is 13.1. The van der Waals surface area contributed by atoms with Crippen LogP contribution in [-0.4, -0.2) is 32.1 Å². The molecular formula is C17H19NO5. The topological polar surface area (TPSA) is 77.8 Å². The lowest BCUT2D eigenvalue weighted by Crippen LogP contribution is -2.34. The molecule has 6 heteroatoms. The maximum atomic E-state index is 12.3. The number of rotatable bonds is 7. The van der Waals surface area contributed by atoms with Gasteiger partial charge in [0.25, 0.3) is 5.91 Å². The summed E-state index contributed by atoms with van der Waals surface area (Å²) in [6.07, 6.45) is 0.320. The molecule has 23 heavy (non-hydrogen) atoms. The van der Waals surface area contributed by atoms with Gasteiger partial charge in [-0.3, -0.25) is 4.79 Å². The number of hydrogen-bond donors (Lipinski definition) is 1. The number of hydrogen-bond acceptors (Lipinski definition) is 5. The lowest BCUT2D eigenvalue weighted by molar-refractivity contribution is -0.130. The van der Waals surface area contributed by atoms with E-state index in [0.29, 0.717) is 18.7 Å². The molecule has 122 valence electrons. The minimum absolute atomic E-state index is 0.0480. The van der Waals surface area contributed by atoms with Crippen LogP contribution in [0.1, 0.15) is 27.8 Å². The molecule has 1 aromatic heterocycles. The summed E-state index contributed by atoms with van der Waals surface area (Å²) in [7, 11) is 1.54. The van der Waals surface area contributed by atoms with Crippen LogP contribution < -0.4 is 5.32 Å². The maximum absolute atomic E-state index is 12.3. The first-order chi connectivity index (χ1) is 11.1. The first-order valence-corrected chi connectivity index (χ1v) is 7.19. The van der Waals surface area contributed by atoms with Crippen molar-refractivity contribution in [2.24, 2.45) is 0 Å². The molecule has 6 nitrogen and oxygen atoms in total. The van der Waals surface area contributed by atoms with Crippen molar-refractivity contribution in [1.29, 1.82) is 0 Å². The fourth-order valence-corrected chi connectivity index (χ4v) is 1.94. The fourth-order valence-electron chi connectivity index (χ4n) is 1.94. The molecule has 1 unspecified atom stereocenters. The number of benzene rings is 1. The van der Waals surface area contributed by atoms with Crippen molar-refractivity contribution in [3.05, 3.63) is 59.5 Å². The van der Waals surface area contributed by atoms with Gasteiger partial charge >= 0.3 is 5.97 Å². The lowest BCUT2D eigenvalue weighted by Gasteiger charge is -2.17. The Balaban J connectivity index is 2.15. The number of carbonyl (C=O) groups is 2. The van der Waals surface area contributed by atoms with Crippen molar-refractivity contribution in [3.63, 3.8) is 0 Å². The summed E-state index contributed by atoms with van der Waals surface area (Å²) >= 11 is 0. The first-order valence-electron chi connectivity index (χ1n) is 7.19. The van der Waals surface area contributed by atoms with E-state index in [0.717, 1.165) is 5.56 Å². The highest BCUT2D eigenvalue weighted by Gasteiger charge is 2.26.